The standard InChI is InChI=1S/C15H23N3O6/c1-23-13-7-10(12(18(21)22)8-14(13)24-2)9-17-11(15(19)20)5-3-4-6-16/h7-8,11,17H,3-6,9,16H2,1-2H3,(H,19,20)/t11-/m0/s1. The molecule has 0 unspecified atom stereocenters. The van der Waals surface area contributed by atoms with Crippen LogP contribution < -0.4 is 20.5 Å². The van der Waals surface area contributed by atoms with Gasteiger partial charge in [-0.05, 0) is 25.5 Å². The number of nitro groups is 1. The Balaban J connectivity index is 2.95. The predicted molar refractivity (Wildman–Crippen MR) is 87.4 cm³/mol. The second-order valence-electron chi connectivity index (χ2n) is 5.15. The first-order valence-corrected chi connectivity index (χ1v) is 7.50. The number of methoxy groups -OCH3 is 2. The highest BCUT2D eigenvalue weighted by atomic mass is 16.6. The van der Waals surface area contributed by atoms with E-state index in [1.807, 2.05) is 0 Å². The van der Waals surface area contributed by atoms with E-state index in [1.165, 1.54) is 26.4 Å². The summed E-state index contributed by atoms with van der Waals surface area (Å²) in [6.45, 7) is 0.518. The van der Waals surface area contributed by atoms with Crippen molar-refractivity contribution in [3.8, 4) is 11.5 Å². The third-order valence-corrected chi connectivity index (χ3v) is 3.57. The van der Waals surface area contributed by atoms with Crippen LogP contribution >= 0.6 is 0 Å². The third-order valence-electron chi connectivity index (χ3n) is 3.57. The van der Waals surface area contributed by atoms with E-state index >= 15 is 0 Å². The van der Waals surface area contributed by atoms with Crippen LogP contribution in [0.5, 0.6) is 11.5 Å². The van der Waals surface area contributed by atoms with Crippen LogP contribution in [0.2, 0.25) is 0 Å². The molecule has 0 fully saturated rings. The third kappa shape index (κ3) is 5.36. The van der Waals surface area contributed by atoms with Crippen molar-refractivity contribution >= 4 is 11.7 Å². The molecule has 0 saturated heterocycles. The van der Waals surface area contributed by atoms with E-state index in [0.29, 0.717) is 30.7 Å². The van der Waals surface area contributed by atoms with Gasteiger partial charge < -0.3 is 25.6 Å². The molecule has 4 N–H and O–H groups in total. The molecule has 0 aromatic heterocycles. The molecular formula is C15H23N3O6. The molecule has 0 saturated carbocycles. The molecule has 9 heteroatoms. The van der Waals surface area contributed by atoms with Crippen LogP contribution in [0.4, 0.5) is 5.69 Å². The van der Waals surface area contributed by atoms with Gasteiger partial charge in [-0.25, -0.2) is 0 Å². The molecule has 0 aliphatic rings. The lowest BCUT2D eigenvalue weighted by atomic mass is 10.1. The van der Waals surface area contributed by atoms with E-state index in [9.17, 15) is 20.0 Å². The normalized spacial score (nSPS) is 11.8. The average molecular weight is 341 g/mol. The molecule has 0 radical (unpaired) electrons. The summed E-state index contributed by atoms with van der Waals surface area (Å²) in [4.78, 5) is 22.0. The van der Waals surface area contributed by atoms with Crippen LogP contribution in [-0.2, 0) is 11.3 Å². The van der Waals surface area contributed by atoms with Crippen molar-refractivity contribution in [3.63, 3.8) is 0 Å². The molecule has 9 nitrogen and oxygen atoms in total. The monoisotopic (exact) mass is 341 g/mol. The van der Waals surface area contributed by atoms with Crippen molar-refractivity contribution < 1.29 is 24.3 Å². The number of hydrogen-bond acceptors (Lipinski definition) is 7. The first-order chi connectivity index (χ1) is 11.4. The second kappa shape index (κ2) is 9.68. The first kappa shape index (κ1) is 19.7. The van der Waals surface area contributed by atoms with Gasteiger partial charge in [-0.1, -0.05) is 6.42 Å². The van der Waals surface area contributed by atoms with Crippen molar-refractivity contribution in [2.45, 2.75) is 31.8 Å². The van der Waals surface area contributed by atoms with E-state index in [4.69, 9.17) is 15.2 Å². The summed E-state index contributed by atoms with van der Waals surface area (Å²) in [6, 6.07) is 1.94. The van der Waals surface area contributed by atoms with Gasteiger partial charge in [-0.15, -0.1) is 0 Å². The number of nitrogens with zero attached hydrogens (tertiary/aromatic N) is 1. The Hall–Kier alpha value is -2.39. The van der Waals surface area contributed by atoms with Crippen LogP contribution in [-0.4, -0.2) is 42.8 Å². The van der Waals surface area contributed by atoms with E-state index in [0.717, 1.165) is 6.42 Å². The topological polar surface area (TPSA) is 137 Å². The number of carboxylic acids is 1. The number of nitro benzene ring substituents is 1. The van der Waals surface area contributed by atoms with E-state index in [1.54, 1.807) is 0 Å². The average Bonchev–Trinajstić information content (AvgIpc) is 2.56. The number of carboxylic acid groups (broad SMARTS) is 1. The lowest BCUT2D eigenvalue weighted by molar-refractivity contribution is -0.385. The van der Waals surface area contributed by atoms with Gasteiger partial charge in [0.15, 0.2) is 11.5 Å². The van der Waals surface area contributed by atoms with E-state index < -0.39 is 16.9 Å². The minimum absolute atomic E-state index is 0.0241. The summed E-state index contributed by atoms with van der Waals surface area (Å²) < 4.78 is 10.2. The number of hydrogen-bond donors (Lipinski definition) is 3. The smallest absolute Gasteiger partial charge is 0.320 e. The fourth-order valence-electron chi connectivity index (χ4n) is 2.26. The molecule has 1 aromatic rings. The summed E-state index contributed by atoms with van der Waals surface area (Å²) in [7, 11) is 2.81. The van der Waals surface area contributed by atoms with Crippen molar-refractivity contribution in [1.29, 1.82) is 0 Å². The molecule has 0 aliphatic heterocycles. The number of carbonyl (C=O) groups is 1. The number of aliphatic carboxylic acids is 1. The number of benzene rings is 1. The van der Waals surface area contributed by atoms with Crippen LogP contribution in [0.15, 0.2) is 12.1 Å². The Morgan fingerprint density at radius 1 is 1.33 bits per heavy atom. The highest BCUT2D eigenvalue weighted by Gasteiger charge is 2.22. The van der Waals surface area contributed by atoms with Gasteiger partial charge in [0.1, 0.15) is 6.04 Å². The first-order valence-electron chi connectivity index (χ1n) is 7.50. The van der Waals surface area contributed by atoms with Crippen molar-refractivity contribution in [2.75, 3.05) is 20.8 Å². The van der Waals surface area contributed by atoms with Gasteiger partial charge in [-0.2, -0.15) is 0 Å². The Morgan fingerprint density at radius 3 is 2.46 bits per heavy atom. The quantitative estimate of drug-likeness (QED) is 0.311. The van der Waals surface area contributed by atoms with Crippen molar-refractivity contribution in [2.24, 2.45) is 5.73 Å². The molecule has 1 atom stereocenters. The molecule has 1 rings (SSSR count). The number of unbranched alkanes of at least 4 members (excludes halogenated alkanes) is 1. The number of nitrogens with two attached hydrogens (primary N) is 1. The second-order valence-corrected chi connectivity index (χ2v) is 5.15. The Morgan fingerprint density at radius 2 is 1.96 bits per heavy atom. The Kier molecular flexibility index (Phi) is 7.93. The Bertz CT molecular complexity index is 579. The summed E-state index contributed by atoms with van der Waals surface area (Å²) in [5.74, 6) is -0.421. The molecular weight excluding hydrogens is 318 g/mol. The van der Waals surface area contributed by atoms with Gasteiger partial charge in [0.2, 0.25) is 0 Å². The number of ether oxygens (including phenoxy) is 2. The highest BCUT2D eigenvalue weighted by Crippen LogP contribution is 2.34. The molecule has 0 bridgehead atoms. The van der Waals surface area contributed by atoms with Gasteiger partial charge in [-0.3, -0.25) is 14.9 Å². The summed E-state index contributed by atoms with van der Waals surface area (Å²) in [6.07, 6.45) is 1.78. The van der Waals surface area contributed by atoms with E-state index in [-0.39, 0.29) is 18.0 Å². The molecule has 0 amide bonds. The summed E-state index contributed by atoms with van der Waals surface area (Å²) >= 11 is 0. The van der Waals surface area contributed by atoms with Crippen LogP contribution in [0, 0.1) is 10.1 Å². The minimum atomic E-state index is -1.00. The van der Waals surface area contributed by atoms with Crippen LogP contribution in [0.3, 0.4) is 0 Å². The van der Waals surface area contributed by atoms with E-state index in [2.05, 4.69) is 5.32 Å². The molecule has 24 heavy (non-hydrogen) atoms. The molecule has 134 valence electrons. The molecule has 0 spiro atoms. The molecule has 0 aliphatic carbocycles. The lowest BCUT2D eigenvalue weighted by Gasteiger charge is -2.15. The van der Waals surface area contributed by atoms with Gasteiger partial charge in [0, 0.05) is 12.1 Å². The molecule has 0 heterocycles. The zero-order valence-electron chi connectivity index (χ0n) is 13.8. The Labute approximate surface area is 139 Å². The summed E-state index contributed by atoms with van der Waals surface area (Å²) in [5.41, 5.74) is 5.56. The van der Waals surface area contributed by atoms with Crippen LogP contribution in [0.25, 0.3) is 0 Å². The fraction of sp³-hybridized carbons (Fsp3) is 0.533. The predicted octanol–water partition coefficient (Wildman–Crippen LogP) is 1.28. The van der Waals surface area contributed by atoms with Crippen LogP contribution in [0.1, 0.15) is 24.8 Å². The maximum absolute atomic E-state index is 11.3. The van der Waals surface area contributed by atoms with Gasteiger partial charge >= 0.3 is 5.97 Å². The number of rotatable bonds is 11. The van der Waals surface area contributed by atoms with Crippen molar-refractivity contribution in [1.82, 2.24) is 5.32 Å². The molecule has 1 aromatic carbocycles. The van der Waals surface area contributed by atoms with Gasteiger partial charge in [0.25, 0.3) is 5.69 Å². The largest absolute Gasteiger partial charge is 0.493 e. The SMILES string of the molecule is COc1cc(CN[C@@H](CCCCN)C(=O)O)c([N+](=O)[O-])cc1OC. The maximum Gasteiger partial charge on any atom is 0.320 e. The fourth-order valence-corrected chi connectivity index (χ4v) is 2.26. The number of nitrogens with one attached hydrogen (secondary N) is 1. The zero-order chi connectivity index (χ0) is 18.1. The summed E-state index contributed by atoms with van der Waals surface area (Å²) in [5, 5.41) is 23.3. The minimum Gasteiger partial charge on any atom is -0.493 e. The van der Waals surface area contributed by atoms with Gasteiger partial charge in [0.05, 0.1) is 25.2 Å². The highest BCUT2D eigenvalue weighted by molar-refractivity contribution is 5.73. The lowest BCUT2D eigenvalue weighted by Crippen LogP contribution is -2.36. The maximum atomic E-state index is 11.3. The zero-order valence-corrected chi connectivity index (χ0v) is 13.8. The van der Waals surface area contributed by atoms with Crippen molar-refractivity contribution in [3.05, 3.63) is 27.8 Å².